The molecule has 0 saturated heterocycles. The van der Waals surface area contributed by atoms with Crippen molar-refractivity contribution in [3.8, 4) is 0 Å². The Morgan fingerprint density at radius 1 is 1.20 bits per heavy atom. The van der Waals surface area contributed by atoms with Gasteiger partial charge in [0.1, 0.15) is 17.2 Å². The van der Waals surface area contributed by atoms with E-state index in [1.807, 2.05) is 35.8 Å². The van der Waals surface area contributed by atoms with E-state index in [4.69, 9.17) is 9.97 Å². The van der Waals surface area contributed by atoms with Crippen LogP contribution in [0.2, 0.25) is 0 Å². The zero-order valence-electron chi connectivity index (χ0n) is 14.3. The fourth-order valence-electron chi connectivity index (χ4n) is 3.13. The third-order valence-corrected chi connectivity index (χ3v) is 4.65. The second kappa shape index (κ2) is 5.81. The number of fused-ring (bicyclic) bond motifs is 4. The smallest absolute Gasteiger partial charge is 0.265 e. The monoisotopic (exact) mass is 333 g/mol. The highest BCUT2D eigenvalue weighted by atomic mass is 16.1. The minimum Gasteiger partial charge on any atom is -0.305 e. The first-order valence-electron chi connectivity index (χ1n) is 8.42. The molecule has 0 aliphatic rings. The van der Waals surface area contributed by atoms with Crippen molar-refractivity contribution in [3.63, 3.8) is 0 Å². The van der Waals surface area contributed by atoms with Crippen molar-refractivity contribution >= 4 is 33.2 Å². The topological polar surface area (TPSA) is 65.6 Å². The van der Waals surface area contributed by atoms with Gasteiger partial charge in [0.25, 0.3) is 5.56 Å². The van der Waals surface area contributed by atoms with Crippen molar-refractivity contribution in [2.45, 2.75) is 32.9 Å². The van der Waals surface area contributed by atoms with Crippen molar-refractivity contribution in [2.24, 2.45) is 0 Å². The lowest BCUT2D eigenvalue weighted by Gasteiger charge is -2.12. The predicted octanol–water partition coefficient (Wildman–Crippen LogP) is 3.45. The summed E-state index contributed by atoms with van der Waals surface area (Å²) >= 11 is 0. The summed E-state index contributed by atoms with van der Waals surface area (Å²) in [7, 11) is 0. The van der Waals surface area contributed by atoms with Crippen LogP contribution >= 0.6 is 0 Å². The molecule has 4 rings (SSSR count). The quantitative estimate of drug-likeness (QED) is 0.537. The Labute approximate surface area is 144 Å². The van der Waals surface area contributed by atoms with Gasteiger partial charge in [0.15, 0.2) is 11.3 Å². The SMILES string of the molecule is C=CCn1c2nc3ccccc3nc2c2c(=O)n([C@@H](C)CC)cnc21. The van der Waals surface area contributed by atoms with Crippen LogP contribution in [0.5, 0.6) is 0 Å². The number of aromatic nitrogens is 5. The first kappa shape index (κ1) is 15.5. The molecule has 0 aliphatic carbocycles. The molecular weight excluding hydrogens is 314 g/mol. The number of allylic oxidation sites excluding steroid dienone is 1. The van der Waals surface area contributed by atoms with E-state index in [1.54, 1.807) is 17.0 Å². The van der Waals surface area contributed by atoms with Gasteiger partial charge >= 0.3 is 0 Å². The Morgan fingerprint density at radius 2 is 1.92 bits per heavy atom. The summed E-state index contributed by atoms with van der Waals surface area (Å²) in [6, 6.07) is 7.75. The molecule has 0 spiro atoms. The maximum Gasteiger partial charge on any atom is 0.265 e. The number of rotatable bonds is 4. The Balaban J connectivity index is 2.20. The minimum absolute atomic E-state index is 0.0725. The van der Waals surface area contributed by atoms with E-state index < -0.39 is 0 Å². The van der Waals surface area contributed by atoms with E-state index in [-0.39, 0.29) is 11.6 Å². The van der Waals surface area contributed by atoms with Crippen molar-refractivity contribution < 1.29 is 0 Å². The van der Waals surface area contributed by atoms with Gasteiger partial charge < -0.3 is 4.57 Å². The first-order valence-corrected chi connectivity index (χ1v) is 8.42. The summed E-state index contributed by atoms with van der Waals surface area (Å²) in [5.74, 6) is 0. The van der Waals surface area contributed by atoms with Crippen LogP contribution in [0.15, 0.2) is 48.0 Å². The molecule has 4 aromatic rings. The number of nitrogens with zero attached hydrogens (tertiary/aromatic N) is 5. The third kappa shape index (κ3) is 2.25. The van der Waals surface area contributed by atoms with Gasteiger partial charge in [0.2, 0.25) is 0 Å². The Bertz CT molecular complexity index is 1170. The van der Waals surface area contributed by atoms with E-state index in [2.05, 4.69) is 18.5 Å². The second-order valence-electron chi connectivity index (χ2n) is 6.20. The van der Waals surface area contributed by atoms with Gasteiger partial charge in [0.05, 0.1) is 11.0 Å². The molecule has 6 heteroatoms. The molecule has 0 unspecified atom stereocenters. The zero-order chi connectivity index (χ0) is 17.6. The summed E-state index contributed by atoms with van der Waals surface area (Å²) in [5.41, 5.74) is 3.37. The van der Waals surface area contributed by atoms with Gasteiger partial charge in [-0.1, -0.05) is 25.1 Å². The molecule has 25 heavy (non-hydrogen) atoms. The first-order chi connectivity index (χ1) is 12.2. The highest BCUT2D eigenvalue weighted by Crippen LogP contribution is 2.25. The number of hydrogen-bond acceptors (Lipinski definition) is 4. The average molecular weight is 333 g/mol. The number of para-hydroxylation sites is 2. The summed E-state index contributed by atoms with van der Waals surface area (Å²) in [4.78, 5) is 27.1. The predicted molar refractivity (Wildman–Crippen MR) is 99.8 cm³/mol. The second-order valence-corrected chi connectivity index (χ2v) is 6.20. The molecule has 0 radical (unpaired) electrons. The Morgan fingerprint density at radius 3 is 2.60 bits per heavy atom. The molecule has 0 saturated carbocycles. The lowest BCUT2D eigenvalue weighted by molar-refractivity contribution is 0.510. The fraction of sp³-hybridized carbons (Fsp3) is 0.263. The normalized spacial score (nSPS) is 12.9. The lowest BCUT2D eigenvalue weighted by Crippen LogP contribution is -2.23. The largest absolute Gasteiger partial charge is 0.305 e. The summed E-state index contributed by atoms with van der Waals surface area (Å²) in [5, 5.41) is 0.526. The van der Waals surface area contributed by atoms with Crippen LogP contribution in [-0.4, -0.2) is 24.1 Å². The molecule has 0 aliphatic heterocycles. The molecule has 6 nitrogen and oxygen atoms in total. The van der Waals surface area contributed by atoms with E-state index in [0.717, 1.165) is 17.5 Å². The number of hydrogen-bond donors (Lipinski definition) is 0. The molecule has 1 atom stereocenters. The molecule has 126 valence electrons. The summed E-state index contributed by atoms with van der Waals surface area (Å²) < 4.78 is 3.58. The van der Waals surface area contributed by atoms with Gasteiger partial charge in [-0.2, -0.15) is 0 Å². The molecular formula is C19H19N5O. The third-order valence-electron chi connectivity index (χ3n) is 4.65. The van der Waals surface area contributed by atoms with E-state index in [0.29, 0.717) is 28.7 Å². The molecule has 3 aromatic heterocycles. The van der Waals surface area contributed by atoms with Crippen molar-refractivity contribution in [2.75, 3.05) is 0 Å². The van der Waals surface area contributed by atoms with Crippen LogP contribution in [0.1, 0.15) is 26.3 Å². The van der Waals surface area contributed by atoms with Crippen molar-refractivity contribution in [1.29, 1.82) is 0 Å². The van der Waals surface area contributed by atoms with Crippen LogP contribution in [0.25, 0.3) is 33.2 Å². The summed E-state index contributed by atoms with van der Waals surface area (Å²) in [6.45, 7) is 8.40. The van der Waals surface area contributed by atoms with Gasteiger partial charge in [-0.15, -0.1) is 6.58 Å². The molecule has 1 aromatic carbocycles. The summed E-state index contributed by atoms with van der Waals surface area (Å²) in [6.07, 6.45) is 4.25. The maximum absolute atomic E-state index is 13.1. The fourth-order valence-corrected chi connectivity index (χ4v) is 3.13. The van der Waals surface area contributed by atoms with Gasteiger partial charge in [0, 0.05) is 12.6 Å². The van der Waals surface area contributed by atoms with Gasteiger partial charge in [-0.25, -0.2) is 15.0 Å². The number of benzene rings is 1. The Hall–Kier alpha value is -3.02. The van der Waals surface area contributed by atoms with Crippen LogP contribution in [-0.2, 0) is 6.54 Å². The van der Waals surface area contributed by atoms with Gasteiger partial charge in [-0.3, -0.25) is 9.36 Å². The van der Waals surface area contributed by atoms with Crippen LogP contribution in [0.3, 0.4) is 0 Å². The molecule has 0 bridgehead atoms. The van der Waals surface area contributed by atoms with Crippen LogP contribution < -0.4 is 5.56 Å². The van der Waals surface area contributed by atoms with Crippen molar-refractivity contribution in [1.82, 2.24) is 24.1 Å². The standard InChI is InChI=1S/C19H19N5O/c1-4-10-23-17-15(19(25)24(11-20-17)12(3)5-2)16-18(23)22-14-9-7-6-8-13(14)21-16/h4,6-9,11-12H,1,5,10H2,2-3H3/t12-/m0/s1. The van der Waals surface area contributed by atoms with E-state index in [1.165, 1.54) is 0 Å². The van der Waals surface area contributed by atoms with Crippen LogP contribution in [0.4, 0.5) is 0 Å². The molecule has 3 heterocycles. The maximum atomic E-state index is 13.1. The zero-order valence-corrected chi connectivity index (χ0v) is 14.3. The van der Waals surface area contributed by atoms with E-state index in [9.17, 15) is 4.79 Å². The molecule has 0 amide bonds. The molecule has 0 N–H and O–H groups in total. The highest BCUT2D eigenvalue weighted by molar-refractivity contribution is 6.04. The van der Waals surface area contributed by atoms with E-state index >= 15 is 0 Å². The van der Waals surface area contributed by atoms with Crippen LogP contribution in [0, 0.1) is 0 Å². The Kier molecular flexibility index (Phi) is 3.60. The minimum atomic E-state index is -0.0725. The van der Waals surface area contributed by atoms with Gasteiger partial charge in [-0.05, 0) is 25.5 Å². The highest BCUT2D eigenvalue weighted by Gasteiger charge is 2.20. The lowest BCUT2D eigenvalue weighted by atomic mass is 10.2. The van der Waals surface area contributed by atoms with Crippen molar-refractivity contribution in [3.05, 3.63) is 53.6 Å². The molecule has 0 fully saturated rings. The average Bonchev–Trinajstić information content (AvgIpc) is 2.94.